The Balaban J connectivity index is 1.49. The smallest absolute Gasteiger partial charge is 0.195 e. The van der Waals surface area contributed by atoms with Gasteiger partial charge in [-0.1, -0.05) is 44.8 Å². The van der Waals surface area contributed by atoms with Crippen molar-refractivity contribution in [3.8, 4) is 0 Å². The Hall–Kier alpha value is -1.14. The first-order chi connectivity index (χ1) is 11.2. The summed E-state index contributed by atoms with van der Waals surface area (Å²) in [5.74, 6) is 3.39. The fraction of sp³-hybridized carbons (Fsp3) is 0.125. The van der Waals surface area contributed by atoms with Crippen LogP contribution < -0.4 is 5.32 Å². The molecule has 7 heteroatoms. The number of anilines is 2. The lowest BCUT2D eigenvalue weighted by Gasteiger charge is -2.03. The summed E-state index contributed by atoms with van der Waals surface area (Å²) in [6.07, 6.45) is 4.52. The predicted octanol–water partition coefficient (Wildman–Crippen LogP) is 6.80. The highest BCUT2D eigenvalue weighted by atomic mass is 35.5. The van der Waals surface area contributed by atoms with E-state index in [4.69, 9.17) is 32.0 Å². The second kappa shape index (κ2) is 8.11. The molecule has 0 aliphatic heterocycles. The maximum Gasteiger partial charge on any atom is 0.195 e. The first kappa shape index (κ1) is 16.7. The number of hydrogen-bond acceptors (Lipinski definition) is 5. The van der Waals surface area contributed by atoms with Crippen molar-refractivity contribution in [2.24, 2.45) is 0 Å². The third-order valence-corrected chi connectivity index (χ3v) is 5.42. The zero-order chi connectivity index (χ0) is 16.1. The van der Waals surface area contributed by atoms with E-state index < -0.39 is 0 Å². The molecule has 0 saturated heterocycles. The summed E-state index contributed by atoms with van der Waals surface area (Å²) >= 11 is 12.0. The summed E-state index contributed by atoms with van der Waals surface area (Å²) in [4.78, 5) is 0. The Morgan fingerprint density at radius 1 is 1.00 bits per heavy atom. The summed E-state index contributed by atoms with van der Waals surface area (Å²) in [6.45, 7) is 0. The van der Waals surface area contributed by atoms with Crippen LogP contribution in [-0.2, 0) is 11.5 Å². The molecule has 0 spiro atoms. The minimum absolute atomic E-state index is 0.577. The zero-order valence-corrected chi connectivity index (χ0v) is 15.0. The van der Waals surface area contributed by atoms with Crippen molar-refractivity contribution in [2.75, 3.05) is 5.32 Å². The van der Waals surface area contributed by atoms with Crippen LogP contribution in [0, 0.1) is 6.26 Å². The highest BCUT2D eigenvalue weighted by molar-refractivity contribution is 8.76. The summed E-state index contributed by atoms with van der Waals surface area (Å²) in [7, 11) is 3.42. The number of hydrogen-bond donors (Lipinski definition) is 1. The Morgan fingerprint density at radius 2 is 1.74 bits per heavy atom. The predicted molar refractivity (Wildman–Crippen MR) is 98.6 cm³/mol. The second-order valence-corrected chi connectivity index (χ2v) is 7.95. The van der Waals surface area contributed by atoms with Crippen LogP contribution in [0.4, 0.5) is 11.4 Å². The molecule has 0 amide bonds. The van der Waals surface area contributed by atoms with Gasteiger partial charge in [0.15, 0.2) is 6.26 Å². The van der Waals surface area contributed by atoms with E-state index in [9.17, 15) is 0 Å². The van der Waals surface area contributed by atoms with Crippen molar-refractivity contribution in [3.05, 3.63) is 70.5 Å². The average molecular weight is 385 g/mol. The molecule has 1 N–H and O–H groups in total. The van der Waals surface area contributed by atoms with Gasteiger partial charge >= 0.3 is 0 Å². The number of furan rings is 2. The van der Waals surface area contributed by atoms with E-state index in [1.807, 2.05) is 18.2 Å². The molecule has 0 aliphatic carbocycles. The largest absolute Gasteiger partial charge is 0.468 e. The summed E-state index contributed by atoms with van der Waals surface area (Å²) in [5, 5.41) is 4.32. The van der Waals surface area contributed by atoms with Crippen molar-refractivity contribution in [2.45, 2.75) is 11.5 Å². The Bertz CT molecular complexity index is 739. The molecule has 0 aliphatic rings. The van der Waals surface area contributed by atoms with E-state index >= 15 is 0 Å². The number of rotatable bonds is 7. The van der Waals surface area contributed by atoms with Crippen molar-refractivity contribution < 1.29 is 8.83 Å². The fourth-order valence-corrected chi connectivity index (χ4v) is 4.28. The highest BCUT2D eigenvalue weighted by Crippen LogP contribution is 2.31. The van der Waals surface area contributed by atoms with E-state index in [-0.39, 0.29) is 0 Å². The highest BCUT2D eigenvalue weighted by Gasteiger charge is 2.06. The van der Waals surface area contributed by atoms with Gasteiger partial charge in [-0.25, -0.2) is 0 Å². The van der Waals surface area contributed by atoms with E-state index in [1.165, 1.54) is 0 Å². The Kier molecular flexibility index (Phi) is 5.89. The van der Waals surface area contributed by atoms with E-state index in [1.54, 1.807) is 46.1 Å². The van der Waals surface area contributed by atoms with Gasteiger partial charge in [0.25, 0.3) is 0 Å². The van der Waals surface area contributed by atoms with E-state index in [0.29, 0.717) is 10.0 Å². The molecule has 0 atom stereocenters. The average Bonchev–Trinajstić information content (AvgIpc) is 3.14. The minimum Gasteiger partial charge on any atom is -0.468 e. The van der Waals surface area contributed by atoms with E-state index in [0.717, 1.165) is 34.4 Å². The van der Waals surface area contributed by atoms with Crippen LogP contribution in [0.15, 0.2) is 51.5 Å². The zero-order valence-electron chi connectivity index (χ0n) is 11.8. The van der Waals surface area contributed by atoms with Crippen LogP contribution in [0.25, 0.3) is 0 Å². The van der Waals surface area contributed by atoms with Crippen molar-refractivity contribution in [1.82, 2.24) is 0 Å². The fourth-order valence-electron chi connectivity index (χ4n) is 1.85. The first-order valence-electron chi connectivity index (χ1n) is 6.69. The number of halogens is 2. The molecule has 3 rings (SSSR count). The summed E-state index contributed by atoms with van der Waals surface area (Å²) in [5.41, 5.74) is 1.54. The Labute approximate surface area is 152 Å². The Morgan fingerprint density at radius 3 is 2.43 bits per heavy atom. The van der Waals surface area contributed by atoms with Crippen LogP contribution in [-0.4, -0.2) is 0 Å². The molecule has 119 valence electrons. The monoisotopic (exact) mass is 384 g/mol. The topological polar surface area (TPSA) is 38.3 Å². The molecule has 3 nitrogen and oxygen atoms in total. The third kappa shape index (κ3) is 5.18. The molecule has 0 bridgehead atoms. The summed E-state index contributed by atoms with van der Waals surface area (Å²) < 4.78 is 10.7. The third-order valence-electron chi connectivity index (χ3n) is 2.80. The number of nitrogens with one attached hydrogen (secondary N) is 1. The molecule has 0 saturated carbocycles. The molecule has 1 radical (unpaired) electrons. The van der Waals surface area contributed by atoms with Gasteiger partial charge in [-0.15, -0.1) is 0 Å². The molecule has 0 unspecified atom stereocenters. The SMILES string of the molecule is Clc1cc(Cl)cc(Nc2[c]oc(CSSCc3ccco3)c2)c1. The lowest BCUT2D eigenvalue weighted by molar-refractivity contribution is 0.523. The van der Waals surface area contributed by atoms with Gasteiger partial charge in [0.1, 0.15) is 11.5 Å². The first-order valence-corrected chi connectivity index (χ1v) is 9.94. The van der Waals surface area contributed by atoms with Gasteiger partial charge in [-0.2, -0.15) is 0 Å². The normalized spacial score (nSPS) is 10.9. The summed E-state index contributed by atoms with van der Waals surface area (Å²) in [6, 6.07) is 11.0. The van der Waals surface area contributed by atoms with Gasteiger partial charge in [0.2, 0.25) is 0 Å². The van der Waals surface area contributed by atoms with Crippen molar-refractivity contribution in [1.29, 1.82) is 0 Å². The quantitative estimate of drug-likeness (QED) is 0.357. The maximum absolute atomic E-state index is 5.98. The number of benzene rings is 1. The maximum atomic E-state index is 5.98. The molecule has 2 aromatic heterocycles. The standard InChI is InChI=1S/C16H12Cl2NO2S2/c17-11-4-12(18)6-13(5-11)19-14-7-16(21-8-14)10-23-22-9-15-2-1-3-20-15/h1-7,19H,9-10H2. The van der Waals surface area contributed by atoms with Crippen LogP contribution in [0.3, 0.4) is 0 Å². The van der Waals surface area contributed by atoms with Crippen molar-refractivity contribution in [3.63, 3.8) is 0 Å². The van der Waals surface area contributed by atoms with Gasteiger partial charge in [-0.3, -0.25) is 0 Å². The molecular weight excluding hydrogens is 373 g/mol. The lowest BCUT2D eigenvalue weighted by atomic mass is 10.3. The molecular formula is C16H12Cl2NO2S2. The van der Waals surface area contributed by atoms with Crippen LogP contribution in [0.5, 0.6) is 0 Å². The minimum atomic E-state index is 0.577. The van der Waals surface area contributed by atoms with Crippen molar-refractivity contribution >= 4 is 56.2 Å². The van der Waals surface area contributed by atoms with Crippen LogP contribution in [0.2, 0.25) is 10.0 Å². The molecule has 2 heterocycles. The molecule has 3 aromatic rings. The second-order valence-electron chi connectivity index (χ2n) is 4.62. The van der Waals surface area contributed by atoms with Gasteiger partial charge in [-0.05, 0) is 30.3 Å². The molecule has 23 heavy (non-hydrogen) atoms. The lowest BCUT2D eigenvalue weighted by Crippen LogP contribution is -1.88. The van der Waals surface area contributed by atoms with Crippen LogP contribution in [0.1, 0.15) is 11.5 Å². The molecule has 0 fully saturated rings. The van der Waals surface area contributed by atoms with E-state index in [2.05, 4.69) is 11.6 Å². The van der Waals surface area contributed by atoms with Crippen LogP contribution >= 0.6 is 44.8 Å². The van der Waals surface area contributed by atoms with Gasteiger partial charge < -0.3 is 14.2 Å². The molecule has 1 aromatic carbocycles. The van der Waals surface area contributed by atoms with Gasteiger partial charge in [0.05, 0.1) is 23.5 Å². The van der Waals surface area contributed by atoms with Gasteiger partial charge in [0, 0.05) is 21.8 Å².